The van der Waals surface area contributed by atoms with E-state index in [4.69, 9.17) is 0 Å². The third-order valence-corrected chi connectivity index (χ3v) is 6.09. The summed E-state index contributed by atoms with van der Waals surface area (Å²) in [5, 5.41) is 11.7. The number of hydrogen-bond donors (Lipinski definition) is 0. The average Bonchev–Trinajstić information content (AvgIpc) is 3.06. The molecule has 1 aliphatic carbocycles. The molecule has 8 heteroatoms. The average molecular weight is 417 g/mol. The van der Waals surface area contributed by atoms with E-state index in [0.717, 1.165) is 0 Å². The second-order valence-electron chi connectivity index (χ2n) is 8.86. The molecule has 156 valence electrons. The third-order valence-electron chi connectivity index (χ3n) is 6.09. The number of aromatic nitrogens is 2. The number of fused-ring (bicyclic) bond motifs is 3. The van der Waals surface area contributed by atoms with Gasteiger partial charge < -0.3 is 0 Å². The van der Waals surface area contributed by atoms with Crippen LogP contribution in [-0.4, -0.2) is 20.1 Å². The maximum Gasteiger partial charge on any atom is 0.277 e. The fourth-order valence-electron chi connectivity index (χ4n) is 4.78. The zero-order valence-corrected chi connectivity index (χ0v) is 17.0. The molecule has 0 spiro atoms. The van der Waals surface area contributed by atoms with Crippen LogP contribution in [0.15, 0.2) is 63.7 Å². The number of allylic oxidation sites excluding steroid dienone is 2. The van der Waals surface area contributed by atoms with Gasteiger partial charge in [-0.15, -0.1) is 0 Å². The van der Waals surface area contributed by atoms with Crippen molar-refractivity contribution in [2.75, 3.05) is 0 Å². The Balaban J connectivity index is 1.87. The number of carbonyl (C=O) groups excluding carboxylic acids is 1. The molecule has 1 aliphatic heterocycles. The molecule has 0 unspecified atom stereocenters. The van der Waals surface area contributed by atoms with Gasteiger partial charge in [0.25, 0.3) is 16.8 Å². The molecule has 0 fully saturated rings. The topological polar surface area (TPSA) is 104 Å². The number of nitrogens with zero attached hydrogens (tertiary/aromatic N) is 3. The Kier molecular flexibility index (Phi) is 3.92. The first-order chi connectivity index (χ1) is 14.7. The minimum Gasteiger partial charge on any atom is -0.294 e. The van der Waals surface area contributed by atoms with Gasteiger partial charge in [-0.2, -0.15) is 0 Å². The molecule has 0 N–H and O–H groups in total. The fraction of sp³-hybridized carbons (Fsp3) is 0.261. The van der Waals surface area contributed by atoms with Gasteiger partial charge in [0.05, 0.1) is 21.4 Å². The molecule has 31 heavy (non-hydrogen) atoms. The Labute approximate surface area is 176 Å². The summed E-state index contributed by atoms with van der Waals surface area (Å²) >= 11 is 0. The lowest BCUT2D eigenvalue weighted by atomic mass is 9.74. The monoisotopic (exact) mass is 417 g/mol. The summed E-state index contributed by atoms with van der Waals surface area (Å²) < 4.78 is 2.70. The van der Waals surface area contributed by atoms with Crippen LogP contribution in [0.2, 0.25) is 0 Å². The first-order valence-corrected chi connectivity index (χ1v) is 9.97. The summed E-state index contributed by atoms with van der Waals surface area (Å²) in [5.41, 5.74) is 0.340. The van der Waals surface area contributed by atoms with Crippen molar-refractivity contribution >= 4 is 27.9 Å². The summed E-state index contributed by atoms with van der Waals surface area (Å²) in [6, 6.07) is 11.6. The SMILES string of the molecule is CC1(C)CC(=O)C2=C(C1)n1c(=O)c3ccccc3c(=O)n1[C@H]2c1ccc([N+](=O)[O-])cc1. The van der Waals surface area contributed by atoms with Crippen molar-refractivity contribution in [3.63, 3.8) is 0 Å². The van der Waals surface area contributed by atoms with Crippen LogP contribution < -0.4 is 11.1 Å². The maximum absolute atomic E-state index is 13.5. The Bertz CT molecular complexity index is 1440. The molecule has 2 aliphatic rings. The van der Waals surface area contributed by atoms with Gasteiger partial charge in [0.1, 0.15) is 6.04 Å². The van der Waals surface area contributed by atoms with Crippen LogP contribution in [0.4, 0.5) is 5.69 Å². The van der Waals surface area contributed by atoms with E-state index >= 15 is 0 Å². The normalized spacial score (nSPS) is 19.4. The van der Waals surface area contributed by atoms with Gasteiger partial charge in [0, 0.05) is 24.1 Å². The summed E-state index contributed by atoms with van der Waals surface area (Å²) in [7, 11) is 0. The largest absolute Gasteiger partial charge is 0.294 e. The van der Waals surface area contributed by atoms with E-state index < -0.39 is 11.0 Å². The van der Waals surface area contributed by atoms with Crippen molar-refractivity contribution in [3.8, 4) is 0 Å². The first kappa shape index (κ1) is 19.2. The van der Waals surface area contributed by atoms with Crippen LogP contribution in [0.3, 0.4) is 0 Å². The van der Waals surface area contributed by atoms with Crippen LogP contribution in [0, 0.1) is 15.5 Å². The number of Topliss-reactive ketones (excluding diaryl/α,β-unsaturated/α-hetero) is 1. The molecule has 0 amide bonds. The van der Waals surface area contributed by atoms with Gasteiger partial charge in [-0.3, -0.25) is 24.5 Å². The van der Waals surface area contributed by atoms with Crippen LogP contribution >= 0.6 is 0 Å². The molecule has 8 nitrogen and oxygen atoms in total. The smallest absolute Gasteiger partial charge is 0.277 e. The molecule has 0 saturated carbocycles. The maximum atomic E-state index is 13.5. The summed E-state index contributed by atoms with van der Waals surface area (Å²) in [5.74, 6) is -0.117. The molecule has 0 bridgehead atoms. The quantitative estimate of drug-likeness (QED) is 0.470. The highest BCUT2D eigenvalue weighted by atomic mass is 16.6. The predicted molar refractivity (Wildman–Crippen MR) is 115 cm³/mol. The van der Waals surface area contributed by atoms with Gasteiger partial charge in [0.15, 0.2) is 5.78 Å². The summed E-state index contributed by atoms with van der Waals surface area (Å²) in [4.78, 5) is 50.7. The van der Waals surface area contributed by atoms with E-state index in [1.807, 2.05) is 13.8 Å². The third kappa shape index (κ3) is 2.71. The number of nitro groups is 1. The molecule has 0 radical (unpaired) electrons. The van der Waals surface area contributed by atoms with Crippen molar-refractivity contribution in [2.45, 2.75) is 32.7 Å². The van der Waals surface area contributed by atoms with Crippen molar-refractivity contribution in [2.24, 2.45) is 5.41 Å². The standard InChI is InChI=1S/C23H19N3O5/c1-23(2)11-17-19(18(27)12-23)20(13-7-9-14(10-8-13)26(30)31)25-22(29)16-6-4-3-5-15(16)21(28)24(17)25/h3-10,20H,11-12H2,1-2H3/t20-/m0/s1. The minimum atomic E-state index is -0.802. The Morgan fingerprint density at radius 2 is 1.55 bits per heavy atom. The van der Waals surface area contributed by atoms with Crippen molar-refractivity contribution in [1.29, 1.82) is 0 Å². The van der Waals surface area contributed by atoms with Crippen molar-refractivity contribution in [3.05, 3.63) is 90.5 Å². The highest BCUT2D eigenvalue weighted by Gasteiger charge is 2.44. The summed E-state index contributed by atoms with van der Waals surface area (Å²) in [6.45, 7) is 3.92. The Hall–Kier alpha value is -3.81. The van der Waals surface area contributed by atoms with Crippen LogP contribution in [-0.2, 0) is 4.79 Å². The predicted octanol–water partition coefficient (Wildman–Crippen LogP) is 3.27. The number of rotatable bonds is 2. The lowest BCUT2D eigenvalue weighted by Crippen LogP contribution is -2.37. The number of benzene rings is 2. The Morgan fingerprint density at radius 1 is 0.935 bits per heavy atom. The van der Waals surface area contributed by atoms with Gasteiger partial charge in [-0.25, -0.2) is 9.36 Å². The van der Waals surface area contributed by atoms with E-state index in [1.54, 1.807) is 36.4 Å². The second-order valence-corrected chi connectivity index (χ2v) is 8.86. The molecule has 2 heterocycles. The summed E-state index contributed by atoms with van der Waals surface area (Å²) in [6.07, 6.45) is 0.765. The van der Waals surface area contributed by atoms with E-state index in [2.05, 4.69) is 0 Å². The van der Waals surface area contributed by atoms with Crippen molar-refractivity contribution in [1.82, 2.24) is 9.36 Å². The molecule has 1 aromatic heterocycles. The van der Waals surface area contributed by atoms with Gasteiger partial charge in [0.2, 0.25) is 0 Å². The van der Waals surface area contributed by atoms with E-state index in [1.165, 1.54) is 21.5 Å². The number of non-ortho nitro benzene ring substituents is 1. The van der Waals surface area contributed by atoms with Gasteiger partial charge >= 0.3 is 0 Å². The number of ketones is 1. The molecule has 5 rings (SSSR count). The highest BCUT2D eigenvalue weighted by molar-refractivity contribution is 6.04. The second kappa shape index (κ2) is 6.34. The van der Waals surface area contributed by atoms with E-state index in [0.29, 0.717) is 35.1 Å². The minimum absolute atomic E-state index is 0.0877. The molecule has 1 atom stereocenters. The van der Waals surface area contributed by atoms with Gasteiger partial charge in [-0.05, 0) is 41.7 Å². The highest BCUT2D eigenvalue weighted by Crippen LogP contribution is 2.46. The van der Waals surface area contributed by atoms with E-state index in [-0.39, 0.29) is 33.4 Å². The Morgan fingerprint density at radius 3 is 2.16 bits per heavy atom. The molecule has 0 saturated heterocycles. The first-order valence-electron chi connectivity index (χ1n) is 9.97. The van der Waals surface area contributed by atoms with Crippen molar-refractivity contribution < 1.29 is 9.72 Å². The number of carbonyl (C=O) groups is 1. The number of nitro benzene ring substituents is 1. The lowest BCUT2D eigenvalue weighted by Gasteiger charge is -2.30. The van der Waals surface area contributed by atoms with E-state index in [9.17, 15) is 24.5 Å². The molecular weight excluding hydrogens is 398 g/mol. The molecule has 2 aromatic carbocycles. The van der Waals surface area contributed by atoms with Crippen LogP contribution in [0.1, 0.15) is 38.3 Å². The molecular formula is C23H19N3O5. The van der Waals surface area contributed by atoms with Gasteiger partial charge in [-0.1, -0.05) is 26.0 Å². The number of hydrogen-bond acceptors (Lipinski definition) is 5. The lowest BCUT2D eigenvalue weighted by molar-refractivity contribution is -0.384. The fourth-order valence-corrected chi connectivity index (χ4v) is 4.78. The zero-order valence-electron chi connectivity index (χ0n) is 17.0. The van der Waals surface area contributed by atoms with Crippen LogP contribution in [0.5, 0.6) is 0 Å². The molecule has 3 aromatic rings. The van der Waals surface area contributed by atoms with Crippen LogP contribution in [0.25, 0.3) is 16.5 Å². The zero-order chi connectivity index (χ0) is 22.1.